The number of rotatable bonds is 7. The van der Waals surface area contributed by atoms with Gasteiger partial charge < -0.3 is 10.6 Å². The van der Waals surface area contributed by atoms with Gasteiger partial charge in [-0.3, -0.25) is 4.79 Å². The van der Waals surface area contributed by atoms with Crippen molar-refractivity contribution in [3.63, 3.8) is 0 Å². The second-order valence-corrected chi connectivity index (χ2v) is 5.27. The number of hydrogen-bond donors (Lipinski definition) is 2. The molecule has 0 bridgehead atoms. The highest BCUT2D eigenvalue weighted by molar-refractivity contribution is 5.78. The summed E-state index contributed by atoms with van der Waals surface area (Å²) in [7, 11) is 0. The van der Waals surface area contributed by atoms with Gasteiger partial charge in [-0.2, -0.15) is 0 Å². The first-order chi connectivity index (χ1) is 9.02. The van der Waals surface area contributed by atoms with Crippen LogP contribution in [-0.2, 0) is 4.79 Å². The number of hydrogen-bond acceptors (Lipinski definition) is 2. The Morgan fingerprint density at radius 1 is 1.21 bits per heavy atom. The minimum atomic E-state index is 0.0694. The summed E-state index contributed by atoms with van der Waals surface area (Å²) >= 11 is 0. The highest BCUT2D eigenvalue weighted by atomic mass is 16.1. The Labute approximate surface area is 116 Å². The Kier molecular flexibility index (Phi) is 6.57. The maximum atomic E-state index is 11.7. The first-order valence-corrected chi connectivity index (χ1v) is 7.12. The summed E-state index contributed by atoms with van der Waals surface area (Å²) in [6.07, 6.45) is 2.12. The van der Waals surface area contributed by atoms with E-state index in [0.717, 1.165) is 12.8 Å². The molecule has 1 rings (SSSR count). The van der Waals surface area contributed by atoms with Crippen molar-refractivity contribution < 1.29 is 4.79 Å². The van der Waals surface area contributed by atoms with E-state index in [0.29, 0.717) is 6.54 Å². The number of nitrogens with one attached hydrogen (secondary N) is 2. The molecule has 1 unspecified atom stereocenters. The van der Waals surface area contributed by atoms with E-state index in [9.17, 15) is 4.79 Å². The zero-order chi connectivity index (χ0) is 14.3. The first-order valence-electron chi connectivity index (χ1n) is 7.12. The molecule has 0 aliphatic carbocycles. The molecule has 0 heterocycles. The van der Waals surface area contributed by atoms with Gasteiger partial charge in [-0.1, -0.05) is 43.2 Å². The van der Waals surface area contributed by atoms with E-state index >= 15 is 0 Å². The van der Waals surface area contributed by atoms with Gasteiger partial charge >= 0.3 is 0 Å². The minimum Gasteiger partial charge on any atom is -0.353 e. The Bertz CT molecular complexity index is 386. The summed E-state index contributed by atoms with van der Waals surface area (Å²) in [5.74, 6) is 0.0694. The average Bonchev–Trinajstić information content (AvgIpc) is 2.37. The van der Waals surface area contributed by atoms with Crippen LogP contribution in [0.4, 0.5) is 0 Å². The molecule has 3 nitrogen and oxygen atoms in total. The molecule has 0 spiro atoms. The molecule has 0 saturated carbocycles. The van der Waals surface area contributed by atoms with Crippen molar-refractivity contribution in [3.8, 4) is 0 Å². The summed E-state index contributed by atoms with van der Waals surface area (Å²) in [5.41, 5.74) is 2.46. The molecule has 106 valence electrons. The van der Waals surface area contributed by atoms with E-state index in [-0.39, 0.29) is 18.0 Å². The lowest BCUT2D eigenvalue weighted by molar-refractivity contribution is -0.121. The zero-order valence-corrected chi connectivity index (χ0v) is 12.5. The van der Waals surface area contributed by atoms with Crippen LogP contribution in [0, 0.1) is 6.92 Å². The fourth-order valence-electron chi connectivity index (χ4n) is 2.05. The van der Waals surface area contributed by atoms with E-state index in [1.54, 1.807) is 0 Å². The van der Waals surface area contributed by atoms with Crippen molar-refractivity contribution >= 4 is 5.91 Å². The minimum absolute atomic E-state index is 0.0694. The third kappa shape index (κ3) is 5.88. The Hall–Kier alpha value is -1.35. The molecule has 0 radical (unpaired) electrons. The van der Waals surface area contributed by atoms with E-state index in [2.05, 4.69) is 55.7 Å². The Balaban J connectivity index is 2.35. The molecule has 2 atom stereocenters. The van der Waals surface area contributed by atoms with Crippen LogP contribution in [0.1, 0.15) is 50.8 Å². The van der Waals surface area contributed by atoms with Crippen LogP contribution < -0.4 is 10.6 Å². The highest BCUT2D eigenvalue weighted by Gasteiger charge is 2.09. The largest absolute Gasteiger partial charge is 0.353 e. The van der Waals surface area contributed by atoms with Crippen LogP contribution in [0.5, 0.6) is 0 Å². The van der Waals surface area contributed by atoms with Crippen molar-refractivity contribution in [2.75, 3.05) is 6.54 Å². The molecule has 1 aromatic carbocycles. The standard InChI is InChI=1S/C16H26N2O/c1-5-6-13(3)18-16(19)11-17-14(4)15-9-7-12(2)8-10-15/h7-10,13-14,17H,5-6,11H2,1-4H3,(H,18,19)/t13?,14-/m0/s1. The van der Waals surface area contributed by atoms with Gasteiger partial charge in [0.05, 0.1) is 6.54 Å². The van der Waals surface area contributed by atoms with E-state index < -0.39 is 0 Å². The van der Waals surface area contributed by atoms with E-state index in [4.69, 9.17) is 0 Å². The van der Waals surface area contributed by atoms with Crippen LogP contribution in [0.25, 0.3) is 0 Å². The molecule has 3 heteroatoms. The van der Waals surface area contributed by atoms with Crippen LogP contribution in [0.3, 0.4) is 0 Å². The van der Waals surface area contributed by atoms with Gasteiger partial charge in [0.25, 0.3) is 0 Å². The molecular weight excluding hydrogens is 236 g/mol. The molecule has 0 aliphatic heterocycles. The van der Waals surface area contributed by atoms with Gasteiger partial charge in [0.2, 0.25) is 5.91 Å². The molecule has 1 aromatic rings. The maximum absolute atomic E-state index is 11.7. The summed E-state index contributed by atoms with van der Waals surface area (Å²) in [6.45, 7) is 8.69. The fourth-order valence-corrected chi connectivity index (χ4v) is 2.05. The van der Waals surface area contributed by atoms with Crippen LogP contribution in [0.2, 0.25) is 0 Å². The van der Waals surface area contributed by atoms with Crippen molar-refractivity contribution in [2.45, 2.75) is 52.6 Å². The number of carbonyl (C=O) groups excluding carboxylic acids is 1. The number of aryl methyl sites for hydroxylation is 1. The second-order valence-electron chi connectivity index (χ2n) is 5.27. The molecule has 0 saturated heterocycles. The SMILES string of the molecule is CCCC(C)NC(=O)CN[C@@H](C)c1ccc(C)cc1. The van der Waals surface area contributed by atoms with Crippen molar-refractivity contribution in [1.82, 2.24) is 10.6 Å². The third-order valence-corrected chi connectivity index (χ3v) is 3.28. The summed E-state index contributed by atoms with van der Waals surface area (Å²) in [6, 6.07) is 8.84. The number of benzene rings is 1. The maximum Gasteiger partial charge on any atom is 0.234 e. The van der Waals surface area contributed by atoms with Crippen molar-refractivity contribution in [1.29, 1.82) is 0 Å². The Morgan fingerprint density at radius 2 is 1.84 bits per heavy atom. The van der Waals surface area contributed by atoms with Gasteiger partial charge in [-0.25, -0.2) is 0 Å². The van der Waals surface area contributed by atoms with Gasteiger partial charge in [-0.15, -0.1) is 0 Å². The third-order valence-electron chi connectivity index (χ3n) is 3.28. The molecule has 0 fully saturated rings. The zero-order valence-electron chi connectivity index (χ0n) is 12.5. The molecule has 0 aliphatic rings. The first kappa shape index (κ1) is 15.7. The molecule has 1 amide bonds. The topological polar surface area (TPSA) is 41.1 Å². The van der Waals surface area contributed by atoms with Crippen LogP contribution in [0.15, 0.2) is 24.3 Å². The lowest BCUT2D eigenvalue weighted by Crippen LogP contribution is -2.39. The van der Waals surface area contributed by atoms with E-state index in [1.807, 2.05) is 6.92 Å². The van der Waals surface area contributed by atoms with Gasteiger partial charge in [0, 0.05) is 12.1 Å². The molecule has 0 aromatic heterocycles. The lowest BCUT2D eigenvalue weighted by Gasteiger charge is -2.16. The molecule has 19 heavy (non-hydrogen) atoms. The predicted molar refractivity (Wildman–Crippen MR) is 80.1 cm³/mol. The van der Waals surface area contributed by atoms with E-state index in [1.165, 1.54) is 11.1 Å². The quantitative estimate of drug-likeness (QED) is 0.793. The van der Waals surface area contributed by atoms with Gasteiger partial charge in [0.15, 0.2) is 0 Å². The summed E-state index contributed by atoms with van der Waals surface area (Å²) in [4.78, 5) is 11.7. The predicted octanol–water partition coefficient (Wildman–Crippen LogP) is 2.95. The van der Waals surface area contributed by atoms with Crippen LogP contribution >= 0.6 is 0 Å². The van der Waals surface area contributed by atoms with Gasteiger partial charge in [-0.05, 0) is 32.8 Å². The summed E-state index contributed by atoms with van der Waals surface area (Å²) in [5, 5.41) is 6.25. The lowest BCUT2D eigenvalue weighted by atomic mass is 10.1. The second kappa shape index (κ2) is 7.95. The Morgan fingerprint density at radius 3 is 2.42 bits per heavy atom. The molecule has 2 N–H and O–H groups in total. The summed E-state index contributed by atoms with van der Waals surface area (Å²) < 4.78 is 0. The number of amides is 1. The number of carbonyl (C=O) groups is 1. The smallest absolute Gasteiger partial charge is 0.234 e. The normalized spacial score (nSPS) is 13.9. The monoisotopic (exact) mass is 262 g/mol. The van der Waals surface area contributed by atoms with Crippen LogP contribution in [-0.4, -0.2) is 18.5 Å². The molecular formula is C16H26N2O. The van der Waals surface area contributed by atoms with Gasteiger partial charge in [0.1, 0.15) is 0 Å². The average molecular weight is 262 g/mol. The fraction of sp³-hybridized carbons (Fsp3) is 0.562. The van der Waals surface area contributed by atoms with Crippen molar-refractivity contribution in [3.05, 3.63) is 35.4 Å². The van der Waals surface area contributed by atoms with Crippen molar-refractivity contribution in [2.24, 2.45) is 0 Å². The highest BCUT2D eigenvalue weighted by Crippen LogP contribution is 2.12.